The Labute approximate surface area is 196 Å². The Morgan fingerprint density at radius 1 is 1.33 bits per heavy atom. The maximum Gasteiger partial charge on any atom is 0.263 e. The van der Waals surface area contributed by atoms with E-state index in [0.29, 0.717) is 36.1 Å². The van der Waals surface area contributed by atoms with Crippen LogP contribution >= 0.6 is 11.3 Å². The van der Waals surface area contributed by atoms with E-state index in [-0.39, 0.29) is 18.0 Å². The molecule has 0 saturated carbocycles. The predicted molar refractivity (Wildman–Crippen MR) is 131 cm³/mol. The Kier molecular flexibility index (Phi) is 5.86. The molecule has 2 aliphatic rings. The van der Waals surface area contributed by atoms with Gasteiger partial charge in [0.15, 0.2) is 0 Å². The zero-order valence-corrected chi connectivity index (χ0v) is 19.7. The molecule has 3 atom stereocenters. The summed E-state index contributed by atoms with van der Waals surface area (Å²) < 4.78 is 11.3. The lowest BCUT2D eigenvalue weighted by Gasteiger charge is -2.28. The van der Waals surface area contributed by atoms with Gasteiger partial charge in [-0.25, -0.2) is 4.98 Å². The average Bonchev–Trinajstić information content (AvgIpc) is 3.33. The van der Waals surface area contributed by atoms with Crippen molar-refractivity contribution in [1.29, 1.82) is 0 Å². The second kappa shape index (κ2) is 8.81. The van der Waals surface area contributed by atoms with Gasteiger partial charge < -0.3 is 31.2 Å². The maximum absolute atomic E-state index is 13.0. The number of ether oxygens (including phenoxy) is 2. The largest absolute Gasteiger partial charge is 0.491 e. The SMILES string of the molecule is COC[C@H]1CN(c2ccc3c(c2)OC[C@H](NC(=O)c2sc4nc(C)ccc4c2N)C3)C[C@@H]1N. The molecule has 2 aromatic heterocycles. The summed E-state index contributed by atoms with van der Waals surface area (Å²) in [5.74, 6) is 1.01. The average molecular weight is 468 g/mol. The number of methoxy groups -OCH3 is 1. The van der Waals surface area contributed by atoms with E-state index < -0.39 is 0 Å². The molecule has 8 nitrogen and oxygen atoms in total. The van der Waals surface area contributed by atoms with Gasteiger partial charge in [0.2, 0.25) is 0 Å². The van der Waals surface area contributed by atoms with Crippen molar-refractivity contribution in [1.82, 2.24) is 10.3 Å². The lowest BCUT2D eigenvalue weighted by atomic mass is 10.0. The summed E-state index contributed by atoms with van der Waals surface area (Å²) in [6, 6.07) is 10.1. The number of carbonyl (C=O) groups excluding carboxylic acids is 1. The Bertz CT molecular complexity index is 1200. The fourth-order valence-electron chi connectivity index (χ4n) is 4.66. The van der Waals surface area contributed by atoms with Crippen LogP contribution < -0.4 is 26.4 Å². The van der Waals surface area contributed by atoms with Crippen LogP contribution in [0.5, 0.6) is 5.75 Å². The number of thiophene rings is 1. The van der Waals surface area contributed by atoms with Gasteiger partial charge in [-0.2, -0.15) is 0 Å². The van der Waals surface area contributed by atoms with Crippen molar-refractivity contribution in [3.05, 3.63) is 46.5 Å². The van der Waals surface area contributed by atoms with Crippen LogP contribution in [0.3, 0.4) is 0 Å². The lowest BCUT2D eigenvalue weighted by Crippen LogP contribution is -2.42. The zero-order chi connectivity index (χ0) is 23.1. The van der Waals surface area contributed by atoms with Crippen molar-refractivity contribution in [2.75, 3.05) is 44.0 Å². The van der Waals surface area contributed by atoms with E-state index in [1.165, 1.54) is 11.3 Å². The minimum absolute atomic E-state index is 0.0990. The number of nitrogens with two attached hydrogens (primary N) is 2. The van der Waals surface area contributed by atoms with E-state index in [9.17, 15) is 4.79 Å². The van der Waals surface area contributed by atoms with Crippen molar-refractivity contribution in [2.24, 2.45) is 11.7 Å². The first-order valence-electron chi connectivity index (χ1n) is 11.1. The minimum atomic E-state index is -0.183. The Hall–Kier alpha value is -2.88. The van der Waals surface area contributed by atoms with Crippen LogP contribution in [0, 0.1) is 12.8 Å². The molecule has 1 fully saturated rings. The van der Waals surface area contributed by atoms with Crippen molar-refractivity contribution in [3.8, 4) is 5.75 Å². The smallest absolute Gasteiger partial charge is 0.263 e. The predicted octanol–water partition coefficient (Wildman–Crippen LogP) is 2.33. The van der Waals surface area contributed by atoms with Crippen LogP contribution in [0.15, 0.2) is 30.3 Å². The number of hydrogen-bond acceptors (Lipinski definition) is 8. The molecule has 2 aliphatic heterocycles. The van der Waals surface area contributed by atoms with Crippen LogP contribution in [-0.4, -0.2) is 56.4 Å². The van der Waals surface area contributed by atoms with Crippen molar-refractivity contribution < 1.29 is 14.3 Å². The quantitative estimate of drug-likeness (QED) is 0.527. The van der Waals surface area contributed by atoms with Crippen LogP contribution in [0.4, 0.5) is 11.4 Å². The molecule has 0 unspecified atom stereocenters. The standard InChI is InChI=1S/C24H29N5O3S/c1-13-3-6-18-21(26)22(33-24(18)27-13)23(30)28-16-7-14-4-5-17(8-20(14)32-12-16)29-9-15(11-31-2)19(25)10-29/h3-6,8,15-16,19H,7,9-12,25-26H2,1-2H3,(H,28,30)/t15-,16-,19+/m1/s1. The van der Waals surface area contributed by atoms with Crippen LogP contribution in [0.25, 0.3) is 10.2 Å². The second-order valence-corrected chi connectivity index (χ2v) is 9.91. The normalized spacial score (nSPS) is 22.3. The summed E-state index contributed by atoms with van der Waals surface area (Å²) in [7, 11) is 1.71. The number of nitrogens with one attached hydrogen (secondary N) is 1. The van der Waals surface area contributed by atoms with E-state index in [1.54, 1.807) is 7.11 Å². The lowest BCUT2D eigenvalue weighted by molar-refractivity contribution is 0.0920. The number of rotatable bonds is 5. The fourth-order valence-corrected chi connectivity index (χ4v) is 5.70. The molecule has 33 heavy (non-hydrogen) atoms. The number of nitrogen functional groups attached to an aromatic ring is 1. The van der Waals surface area contributed by atoms with Gasteiger partial charge >= 0.3 is 0 Å². The van der Waals surface area contributed by atoms with Gasteiger partial charge in [-0.3, -0.25) is 4.79 Å². The number of carbonyl (C=O) groups is 1. The summed E-state index contributed by atoms with van der Waals surface area (Å²) in [5, 5.41) is 3.91. The first-order valence-corrected chi connectivity index (χ1v) is 12.0. The molecule has 5 rings (SSSR count). The number of fused-ring (bicyclic) bond motifs is 2. The van der Waals surface area contributed by atoms with Crippen LogP contribution in [0.2, 0.25) is 0 Å². The number of aromatic nitrogens is 1. The molecule has 1 saturated heterocycles. The monoisotopic (exact) mass is 467 g/mol. The van der Waals surface area contributed by atoms with Crippen LogP contribution in [-0.2, 0) is 11.2 Å². The number of hydrogen-bond donors (Lipinski definition) is 3. The third-order valence-electron chi connectivity index (χ3n) is 6.47. The topological polar surface area (TPSA) is 116 Å². The van der Waals surface area contributed by atoms with E-state index in [0.717, 1.165) is 46.0 Å². The summed E-state index contributed by atoms with van der Waals surface area (Å²) >= 11 is 1.33. The number of anilines is 2. The molecule has 5 N–H and O–H groups in total. The van der Waals surface area contributed by atoms with Crippen molar-refractivity contribution >= 4 is 38.8 Å². The third kappa shape index (κ3) is 4.23. The van der Waals surface area contributed by atoms with Gasteiger partial charge in [0.25, 0.3) is 5.91 Å². The van der Waals surface area contributed by atoms with Crippen molar-refractivity contribution in [2.45, 2.75) is 25.4 Å². The molecule has 0 bridgehead atoms. The van der Waals surface area contributed by atoms with Gasteiger partial charge in [-0.15, -0.1) is 11.3 Å². The van der Waals surface area contributed by atoms with E-state index in [4.69, 9.17) is 20.9 Å². The first kappa shape index (κ1) is 21.9. The summed E-state index contributed by atoms with van der Waals surface area (Å²) in [6.07, 6.45) is 0.704. The van der Waals surface area contributed by atoms with Crippen LogP contribution in [0.1, 0.15) is 20.9 Å². The highest BCUT2D eigenvalue weighted by atomic mass is 32.1. The minimum Gasteiger partial charge on any atom is -0.491 e. The van der Waals surface area contributed by atoms with E-state index >= 15 is 0 Å². The number of benzene rings is 1. The van der Waals surface area contributed by atoms with E-state index in [2.05, 4.69) is 33.4 Å². The number of amides is 1. The molecule has 1 aromatic carbocycles. The second-order valence-electron chi connectivity index (χ2n) is 8.91. The van der Waals surface area contributed by atoms with E-state index in [1.807, 2.05) is 19.1 Å². The highest BCUT2D eigenvalue weighted by molar-refractivity contribution is 7.21. The van der Waals surface area contributed by atoms with Gasteiger partial charge in [0, 0.05) is 55.0 Å². The molecule has 0 radical (unpaired) electrons. The van der Waals surface area contributed by atoms with Crippen molar-refractivity contribution in [3.63, 3.8) is 0 Å². The number of nitrogens with zero attached hydrogens (tertiary/aromatic N) is 2. The Morgan fingerprint density at radius 3 is 3.00 bits per heavy atom. The Morgan fingerprint density at radius 2 is 2.18 bits per heavy atom. The molecule has 0 aliphatic carbocycles. The van der Waals surface area contributed by atoms with Gasteiger partial charge in [-0.05, 0) is 37.1 Å². The molecule has 174 valence electrons. The zero-order valence-electron chi connectivity index (χ0n) is 18.8. The first-order chi connectivity index (χ1) is 15.9. The van der Waals surface area contributed by atoms with Gasteiger partial charge in [0.1, 0.15) is 22.1 Å². The van der Waals surface area contributed by atoms with Gasteiger partial charge in [0.05, 0.1) is 18.3 Å². The molecule has 9 heteroatoms. The molecular formula is C24H29N5O3S. The highest BCUT2D eigenvalue weighted by Gasteiger charge is 2.31. The molecule has 4 heterocycles. The molecule has 0 spiro atoms. The number of aryl methyl sites for hydroxylation is 1. The van der Waals surface area contributed by atoms with Gasteiger partial charge in [-0.1, -0.05) is 6.07 Å². The summed E-state index contributed by atoms with van der Waals surface area (Å²) in [6.45, 7) is 4.68. The third-order valence-corrected chi connectivity index (χ3v) is 7.58. The maximum atomic E-state index is 13.0. The molecule has 3 aromatic rings. The highest BCUT2D eigenvalue weighted by Crippen LogP contribution is 2.34. The number of pyridine rings is 1. The Balaban J connectivity index is 1.26. The molecule has 1 amide bonds. The fraction of sp³-hybridized carbons (Fsp3) is 0.417. The summed E-state index contributed by atoms with van der Waals surface area (Å²) in [4.78, 5) is 21.0. The summed E-state index contributed by atoms with van der Waals surface area (Å²) in [5.41, 5.74) is 16.1. The molecular weight excluding hydrogens is 438 g/mol.